The third kappa shape index (κ3) is 3.43. The van der Waals surface area contributed by atoms with Crippen LogP contribution in [0.4, 0.5) is 21.9 Å². The number of benzene rings is 2. The van der Waals surface area contributed by atoms with Crippen molar-refractivity contribution in [3.63, 3.8) is 0 Å². The number of carbonyl (C=O) groups is 2. The Morgan fingerprint density at radius 2 is 2.03 bits per heavy atom. The van der Waals surface area contributed by atoms with E-state index in [0.29, 0.717) is 29.3 Å². The molecule has 0 bridgehead atoms. The van der Waals surface area contributed by atoms with Crippen molar-refractivity contribution >= 4 is 29.1 Å². The fraction of sp³-hybridized carbons (Fsp3) is 0.158. The summed E-state index contributed by atoms with van der Waals surface area (Å²) in [4.78, 5) is 36.7. The Morgan fingerprint density at radius 1 is 1.23 bits per heavy atom. The summed E-state index contributed by atoms with van der Waals surface area (Å²) >= 11 is 0. The van der Waals surface area contributed by atoms with Gasteiger partial charge in [0.15, 0.2) is 5.69 Å². The molecule has 1 aliphatic heterocycles. The predicted octanol–water partition coefficient (Wildman–Crippen LogP) is 2.69. The van der Waals surface area contributed by atoms with Gasteiger partial charge < -0.3 is 10.1 Å². The molecule has 1 saturated heterocycles. The molecule has 0 radical (unpaired) electrons. The van der Waals surface area contributed by atoms with Crippen molar-refractivity contribution in [1.82, 2.24) is 15.0 Å². The number of nitrogens with zero attached hydrogens (tertiary/aromatic N) is 5. The van der Waals surface area contributed by atoms with Gasteiger partial charge in [-0.2, -0.15) is 0 Å². The van der Waals surface area contributed by atoms with E-state index in [1.54, 1.807) is 37.3 Å². The normalized spacial score (nSPS) is 13.2. The van der Waals surface area contributed by atoms with E-state index in [0.717, 1.165) is 0 Å². The van der Waals surface area contributed by atoms with Gasteiger partial charge in [0.1, 0.15) is 6.61 Å². The maximum Gasteiger partial charge on any atom is 0.414 e. The van der Waals surface area contributed by atoms with Crippen molar-refractivity contribution in [3.8, 4) is 5.69 Å². The molecule has 0 unspecified atom stereocenters. The smallest absolute Gasteiger partial charge is 0.414 e. The fourth-order valence-electron chi connectivity index (χ4n) is 3.13. The molecule has 11 heteroatoms. The van der Waals surface area contributed by atoms with Gasteiger partial charge in [-0.1, -0.05) is 23.4 Å². The topological polar surface area (TPSA) is 132 Å². The summed E-state index contributed by atoms with van der Waals surface area (Å²) in [7, 11) is 0. The molecule has 4 rings (SSSR count). The van der Waals surface area contributed by atoms with Crippen LogP contribution in [0.25, 0.3) is 5.69 Å². The standard InChI is InChI=1S/C19H16N6O5/c1-12-17(21-22-24(12)13-5-4-6-14(11-13)25(28)29)18(26)20-15-7-2-3-8-16(15)23-9-10-30-19(23)27/h2-8,11H,9-10H2,1H3,(H,20,26). The van der Waals surface area contributed by atoms with Crippen LogP contribution >= 0.6 is 0 Å². The zero-order valence-corrected chi connectivity index (χ0v) is 15.8. The Kier molecular flexibility index (Phi) is 4.84. The highest BCUT2D eigenvalue weighted by atomic mass is 16.6. The SMILES string of the molecule is Cc1c(C(=O)Nc2ccccc2N2CCOC2=O)nnn1-c1cccc([N+](=O)[O-])c1. The van der Waals surface area contributed by atoms with Crippen LogP contribution in [0.1, 0.15) is 16.2 Å². The number of rotatable bonds is 5. The van der Waals surface area contributed by atoms with E-state index in [1.165, 1.54) is 27.8 Å². The largest absolute Gasteiger partial charge is 0.447 e. The Morgan fingerprint density at radius 3 is 2.77 bits per heavy atom. The van der Waals surface area contributed by atoms with Gasteiger partial charge in [-0.3, -0.25) is 19.8 Å². The van der Waals surface area contributed by atoms with Gasteiger partial charge in [-0.05, 0) is 25.1 Å². The Bertz CT molecular complexity index is 1160. The average molecular weight is 408 g/mol. The molecule has 0 saturated carbocycles. The van der Waals surface area contributed by atoms with Crippen LogP contribution < -0.4 is 10.2 Å². The van der Waals surface area contributed by atoms with E-state index in [4.69, 9.17) is 4.74 Å². The van der Waals surface area contributed by atoms with Crippen molar-refractivity contribution in [1.29, 1.82) is 0 Å². The molecule has 2 aromatic carbocycles. The van der Waals surface area contributed by atoms with E-state index >= 15 is 0 Å². The number of cyclic esters (lactones) is 1. The molecule has 30 heavy (non-hydrogen) atoms. The number of nitrogens with one attached hydrogen (secondary N) is 1. The van der Waals surface area contributed by atoms with Gasteiger partial charge in [0.25, 0.3) is 11.6 Å². The summed E-state index contributed by atoms with van der Waals surface area (Å²) in [5.74, 6) is -0.524. The minimum atomic E-state index is -0.524. The third-order valence-corrected chi connectivity index (χ3v) is 4.60. The van der Waals surface area contributed by atoms with Crippen molar-refractivity contribution in [3.05, 3.63) is 70.0 Å². The molecule has 1 fully saturated rings. The summed E-state index contributed by atoms with van der Waals surface area (Å²) in [5.41, 5.74) is 1.71. The van der Waals surface area contributed by atoms with Gasteiger partial charge in [-0.25, -0.2) is 9.48 Å². The van der Waals surface area contributed by atoms with Gasteiger partial charge in [0, 0.05) is 12.1 Å². The lowest BCUT2D eigenvalue weighted by atomic mass is 10.2. The second kappa shape index (κ2) is 7.62. The maximum absolute atomic E-state index is 12.8. The molecule has 0 aliphatic carbocycles. The van der Waals surface area contributed by atoms with Crippen LogP contribution in [0.5, 0.6) is 0 Å². The average Bonchev–Trinajstić information content (AvgIpc) is 3.34. The van der Waals surface area contributed by atoms with E-state index < -0.39 is 16.9 Å². The van der Waals surface area contributed by atoms with Crippen LogP contribution in [0.2, 0.25) is 0 Å². The van der Waals surface area contributed by atoms with Crippen molar-refractivity contribution in [2.75, 3.05) is 23.4 Å². The number of hydrogen-bond donors (Lipinski definition) is 1. The predicted molar refractivity (Wildman–Crippen MR) is 106 cm³/mol. The monoisotopic (exact) mass is 408 g/mol. The first-order chi connectivity index (χ1) is 14.5. The molecule has 1 N–H and O–H groups in total. The Hall–Kier alpha value is -4.28. The highest BCUT2D eigenvalue weighted by Crippen LogP contribution is 2.28. The van der Waals surface area contributed by atoms with Crippen molar-refractivity contribution in [2.24, 2.45) is 0 Å². The summed E-state index contributed by atoms with van der Waals surface area (Å²) in [6, 6.07) is 12.7. The summed E-state index contributed by atoms with van der Waals surface area (Å²) in [6.07, 6.45) is -0.482. The fourth-order valence-corrected chi connectivity index (χ4v) is 3.13. The minimum absolute atomic E-state index is 0.0558. The lowest BCUT2D eigenvalue weighted by Crippen LogP contribution is -2.25. The van der Waals surface area contributed by atoms with Gasteiger partial charge in [0.05, 0.1) is 34.2 Å². The molecular weight excluding hydrogens is 392 g/mol. The molecule has 0 atom stereocenters. The van der Waals surface area contributed by atoms with Gasteiger partial charge in [0.2, 0.25) is 0 Å². The van der Waals surface area contributed by atoms with E-state index in [1.807, 2.05) is 0 Å². The number of nitro benzene ring substituents is 1. The van der Waals surface area contributed by atoms with Gasteiger partial charge in [-0.15, -0.1) is 5.10 Å². The van der Waals surface area contributed by atoms with Crippen molar-refractivity contribution in [2.45, 2.75) is 6.92 Å². The minimum Gasteiger partial charge on any atom is -0.447 e. The third-order valence-electron chi connectivity index (χ3n) is 4.60. The van der Waals surface area contributed by atoms with Crippen LogP contribution in [0.15, 0.2) is 48.5 Å². The Balaban J connectivity index is 1.61. The number of anilines is 2. The first kappa shape index (κ1) is 19.1. The van der Waals surface area contributed by atoms with Gasteiger partial charge >= 0.3 is 6.09 Å². The molecule has 1 aliphatic rings. The molecular formula is C19H16N6O5. The van der Waals surface area contributed by atoms with Crippen molar-refractivity contribution < 1.29 is 19.2 Å². The van der Waals surface area contributed by atoms with E-state index in [9.17, 15) is 19.7 Å². The molecule has 11 nitrogen and oxygen atoms in total. The molecule has 152 valence electrons. The molecule has 2 amide bonds. The zero-order valence-electron chi connectivity index (χ0n) is 15.8. The Labute approximate surface area is 170 Å². The highest BCUT2D eigenvalue weighted by molar-refractivity contribution is 6.06. The van der Waals surface area contributed by atoms with Crippen LogP contribution in [0.3, 0.4) is 0 Å². The first-order valence-corrected chi connectivity index (χ1v) is 8.97. The lowest BCUT2D eigenvalue weighted by molar-refractivity contribution is -0.384. The molecule has 3 aromatic rings. The number of hydrogen-bond acceptors (Lipinski definition) is 7. The van der Waals surface area contributed by atoms with E-state index in [-0.39, 0.29) is 18.0 Å². The number of aromatic nitrogens is 3. The van der Waals surface area contributed by atoms with E-state index in [2.05, 4.69) is 15.6 Å². The van der Waals surface area contributed by atoms with Crippen LogP contribution in [0, 0.1) is 17.0 Å². The molecule has 2 heterocycles. The molecule has 1 aromatic heterocycles. The quantitative estimate of drug-likeness (QED) is 0.507. The zero-order chi connectivity index (χ0) is 21.3. The number of para-hydroxylation sites is 2. The number of carbonyl (C=O) groups excluding carboxylic acids is 2. The summed E-state index contributed by atoms with van der Waals surface area (Å²) in [5, 5.41) is 21.6. The first-order valence-electron chi connectivity index (χ1n) is 8.97. The molecule has 0 spiro atoms. The summed E-state index contributed by atoms with van der Waals surface area (Å²) in [6.45, 7) is 2.29. The number of non-ortho nitro benzene ring substituents is 1. The second-order valence-corrected chi connectivity index (χ2v) is 6.45. The second-order valence-electron chi connectivity index (χ2n) is 6.45. The van der Waals surface area contributed by atoms with Crippen LogP contribution in [-0.2, 0) is 4.74 Å². The number of amides is 2. The lowest BCUT2D eigenvalue weighted by Gasteiger charge is -2.17. The van der Waals surface area contributed by atoms with Crippen LogP contribution in [-0.4, -0.2) is 45.1 Å². The maximum atomic E-state index is 12.8. The number of ether oxygens (including phenoxy) is 1. The highest BCUT2D eigenvalue weighted by Gasteiger charge is 2.27. The summed E-state index contributed by atoms with van der Waals surface area (Å²) < 4.78 is 6.32. The number of nitro groups is 1.